The van der Waals surface area contributed by atoms with Crippen molar-refractivity contribution in [1.82, 2.24) is 9.80 Å². The van der Waals surface area contributed by atoms with Gasteiger partial charge in [-0.2, -0.15) is 0 Å². The number of amides is 3. The Morgan fingerprint density at radius 3 is 2.38 bits per heavy atom. The molecule has 0 fully saturated rings. The van der Waals surface area contributed by atoms with Gasteiger partial charge in [0, 0.05) is 28.5 Å². The highest BCUT2D eigenvalue weighted by Crippen LogP contribution is 2.21. The Kier molecular flexibility index (Phi) is 9.07. The molecule has 0 unspecified atom stereocenters. The van der Waals surface area contributed by atoms with Gasteiger partial charge in [0.05, 0.1) is 11.6 Å². The van der Waals surface area contributed by atoms with Crippen molar-refractivity contribution in [2.45, 2.75) is 33.9 Å². The fourth-order valence-corrected chi connectivity index (χ4v) is 4.58. The summed E-state index contributed by atoms with van der Waals surface area (Å²) >= 11 is 7.50. The van der Waals surface area contributed by atoms with Crippen LogP contribution in [0, 0.1) is 18.7 Å². The van der Waals surface area contributed by atoms with Crippen LogP contribution in [-0.4, -0.2) is 34.8 Å². The molecule has 2 aromatic carbocycles. The minimum absolute atomic E-state index is 0.0733. The maximum atomic E-state index is 13.5. The highest BCUT2D eigenvalue weighted by atomic mass is 35.5. The largest absolute Gasteiger partial charge is 0.332 e. The summed E-state index contributed by atoms with van der Waals surface area (Å²) in [5.74, 6) is -0.560. The van der Waals surface area contributed by atoms with E-state index in [2.05, 4.69) is 5.32 Å². The number of carbonyl (C=O) groups is 2. The Hall–Kier alpha value is -2.90. The summed E-state index contributed by atoms with van der Waals surface area (Å²) in [6.07, 6.45) is 0. The van der Waals surface area contributed by atoms with Gasteiger partial charge in [0.25, 0.3) is 0 Å². The van der Waals surface area contributed by atoms with Crippen LogP contribution in [0.15, 0.2) is 60.7 Å². The summed E-state index contributed by atoms with van der Waals surface area (Å²) in [4.78, 5) is 32.0. The van der Waals surface area contributed by atoms with E-state index in [1.807, 2.05) is 63.2 Å². The summed E-state index contributed by atoms with van der Waals surface area (Å²) in [5, 5.41) is 2.65. The molecule has 3 amide bonds. The Balaban J connectivity index is 1.77. The van der Waals surface area contributed by atoms with Gasteiger partial charge in [0.2, 0.25) is 5.91 Å². The summed E-state index contributed by atoms with van der Waals surface area (Å²) in [7, 11) is 0. The van der Waals surface area contributed by atoms with Gasteiger partial charge in [-0.05, 0) is 48.7 Å². The topological polar surface area (TPSA) is 52.7 Å². The molecule has 0 bridgehead atoms. The van der Waals surface area contributed by atoms with E-state index >= 15 is 0 Å². The van der Waals surface area contributed by atoms with E-state index in [0.717, 1.165) is 10.4 Å². The average Bonchev–Trinajstić information content (AvgIpc) is 3.20. The van der Waals surface area contributed by atoms with E-state index in [4.69, 9.17) is 11.6 Å². The van der Waals surface area contributed by atoms with Crippen molar-refractivity contribution in [2.24, 2.45) is 5.92 Å². The van der Waals surface area contributed by atoms with Crippen LogP contribution in [0.4, 0.5) is 14.9 Å². The lowest BCUT2D eigenvalue weighted by atomic mass is 10.2. The van der Waals surface area contributed by atoms with E-state index < -0.39 is 11.8 Å². The van der Waals surface area contributed by atoms with Gasteiger partial charge in [0.1, 0.15) is 12.4 Å². The molecule has 0 radical (unpaired) electrons. The first-order valence-electron chi connectivity index (χ1n) is 11.1. The number of hydrogen-bond acceptors (Lipinski definition) is 3. The summed E-state index contributed by atoms with van der Waals surface area (Å²) in [6.45, 7) is 7.23. The van der Waals surface area contributed by atoms with Crippen molar-refractivity contribution in [1.29, 1.82) is 0 Å². The lowest BCUT2D eigenvalue weighted by Crippen LogP contribution is -2.45. The first-order valence-corrected chi connectivity index (χ1v) is 12.3. The number of hydrogen-bond donors (Lipinski definition) is 1. The molecule has 0 atom stereocenters. The van der Waals surface area contributed by atoms with Crippen LogP contribution in [-0.2, 0) is 17.9 Å². The molecular formula is C26H29ClFN3O2S. The fraction of sp³-hybridized carbons (Fsp3) is 0.308. The SMILES string of the molecule is Cc1ccc(CN(Cc2ccccc2)C(=O)CN(CC(C)C)C(=O)Nc2ccc(F)c(Cl)c2)s1. The Labute approximate surface area is 209 Å². The van der Waals surface area contributed by atoms with Crippen LogP contribution in [0.2, 0.25) is 5.02 Å². The third-order valence-electron chi connectivity index (χ3n) is 5.08. The zero-order valence-corrected chi connectivity index (χ0v) is 21.1. The smallest absolute Gasteiger partial charge is 0.322 e. The number of rotatable bonds is 9. The lowest BCUT2D eigenvalue weighted by Gasteiger charge is -2.29. The van der Waals surface area contributed by atoms with E-state index in [1.54, 1.807) is 16.2 Å². The van der Waals surface area contributed by atoms with Crippen molar-refractivity contribution in [3.05, 3.63) is 86.8 Å². The van der Waals surface area contributed by atoms with Crippen LogP contribution in [0.5, 0.6) is 0 Å². The predicted octanol–water partition coefficient (Wildman–Crippen LogP) is 6.57. The van der Waals surface area contributed by atoms with Crippen molar-refractivity contribution >= 4 is 40.6 Å². The number of carbonyl (C=O) groups excluding carboxylic acids is 2. The van der Waals surface area contributed by atoms with Crippen molar-refractivity contribution in [3.63, 3.8) is 0 Å². The molecule has 1 aromatic heterocycles. The number of halogens is 2. The quantitative estimate of drug-likeness (QED) is 0.360. The van der Waals surface area contributed by atoms with Crippen LogP contribution in [0.25, 0.3) is 0 Å². The minimum Gasteiger partial charge on any atom is -0.332 e. The molecule has 0 aliphatic carbocycles. The van der Waals surface area contributed by atoms with Crippen LogP contribution in [0.3, 0.4) is 0 Å². The molecule has 0 saturated heterocycles. The van der Waals surface area contributed by atoms with E-state index in [9.17, 15) is 14.0 Å². The first kappa shape index (κ1) is 25.7. The second-order valence-electron chi connectivity index (χ2n) is 8.58. The van der Waals surface area contributed by atoms with Crippen LogP contribution in [0.1, 0.15) is 29.2 Å². The molecule has 3 rings (SSSR count). The standard InChI is InChI=1S/C26H29ClFN3O2S/c1-18(2)14-31(26(33)29-21-10-12-24(28)23(27)13-21)17-25(32)30(15-20-7-5-4-6-8-20)16-22-11-9-19(3)34-22/h4-13,18H,14-17H2,1-3H3,(H,29,33). The van der Waals surface area contributed by atoms with Gasteiger partial charge in [-0.25, -0.2) is 9.18 Å². The molecule has 8 heteroatoms. The molecule has 34 heavy (non-hydrogen) atoms. The number of nitrogens with zero attached hydrogens (tertiary/aromatic N) is 2. The van der Waals surface area contributed by atoms with Gasteiger partial charge in [-0.1, -0.05) is 55.8 Å². The van der Waals surface area contributed by atoms with E-state index in [-0.39, 0.29) is 23.4 Å². The predicted molar refractivity (Wildman–Crippen MR) is 137 cm³/mol. The highest BCUT2D eigenvalue weighted by Gasteiger charge is 2.23. The molecule has 0 spiro atoms. The van der Waals surface area contributed by atoms with Crippen molar-refractivity contribution < 1.29 is 14.0 Å². The van der Waals surface area contributed by atoms with E-state index in [0.29, 0.717) is 25.3 Å². The number of aryl methyl sites for hydroxylation is 1. The second-order valence-corrected chi connectivity index (χ2v) is 10.4. The zero-order valence-electron chi connectivity index (χ0n) is 19.6. The number of urea groups is 1. The van der Waals surface area contributed by atoms with Crippen LogP contribution < -0.4 is 5.32 Å². The average molecular weight is 502 g/mol. The Bertz CT molecular complexity index is 1120. The Morgan fingerprint density at radius 1 is 1.03 bits per heavy atom. The minimum atomic E-state index is -0.561. The van der Waals surface area contributed by atoms with Gasteiger partial charge in [0.15, 0.2) is 0 Å². The molecule has 1 N–H and O–H groups in total. The third-order valence-corrected chi connectivity index (χ3v) is 6.36. The summed E-state index contributed by atoms with van der Waals surface area (Å²) in [6, 6.07) is 17.4. The van der Waals surface area contributed by atoms with E-state index in [1.165, 1.54) is 28.0 Å². The van der Waals surface area contributed by atoms with Gasteiger partial charge in [-0.15, -0.1) is 11.3 Å². The molecule has 5 nitrogen and oxygen atoms in total. The monoisotopic (exact) mass is 501 g/mol. The molecular weight excluding hydrogens is 473 g/mol. The van der Waals surface area contributed by atoms with Crippen molar-refractivity contribution in [2.75, 3.05) is 18.4 Å². The maximum absolute atomic E-state index is 13.5. The zero-order chi connectivity index (χ0) is 24.7. The number of thiophene rings is 1. The number of nitrogens with one attached hydrogen (secondary N) is 1. The lowest BCUT2D eigenvalue weighted by molar-refractivity contribution is -0.133. The summed E-state index contributed by atoms with van der Waals surface area (Å²) < 4.78 is 13.5. The molecule has 0 saturated carbocycles. The van der Waals surface area contributed by atoms with Gasteiger partial charge >= 0.3 is 6.03 Å². The molecule has 180 valence electrons. The molecule has 0 aliphatic rings. The first-order chi connectivity index (χ1) is 16.2. The second kappa shape index (κ2) is 12.0. The van der Waals surface area contributed by atoms with Gasteiger partial charge in [-0.3, -0.25) is 4.79 Å². The Morgan fingerprint density at radius 2 is 1.76 bits per heavy atom. The van der Waals surface area contributed by atoms with Gasteiger partial charge < -0.3 is 15.1 Å². The number of benzene rings is 2. The summed E-state index contributed by atoms with van der Waals surface area (Å²) in [5.41, 5.74) is 1.39. The maximum Gasteiger partial charge on any atom is 0.322 e. The number of anilines is 1. The molecule has 3 aromatic rings. The van der Waals surface area contributed by atoms with Crippen LogP contribution >= 0.6 is 22.9 Å². The third kappa shape index (κ3) is 7.57. The van der Waals surface area contributed by atoms with Crippen molar-refractivity contribution in [3.8, 4) is 0 Å². The molecule has 1 heterocycles. The normalized spacial score (nSPS) is 10.9. The highest BCUT2D eigenvalue weighted by molar-refractivity contribution is 7.11. The molecule has 0 aliphatic heterocycles. The fourth-order valence-electron chi connectivity index (χ4n) is 3.49.